The van der Waals surface area contributed by atoms with E-state index < -0.39 is 6.10 Å². The van der Waals surface area contributed by atoms with E-state index in [0.29, 0.717) is 6.54 Å². The van der Waals surface area contributed by atoms with Gasteiger partial charge in [0.25, 0.3) is 0 Å². The van der Waals surface area contributed by atoms with E-state index in [1.165, 1.54) is 32.4 Å². The maximum atomic E-state index is 9.16. The Balaban J connectivity index is 1.56. The van der Waals surface area contributed by atoms with E-state index in [2.05, 4.69) is 10.2 Å². The van der Waals surface area contributed by atoms with Crippen molar-refractivity contribution in [2.24, 2.45) is 5.92 Å². The molecule has 88 valence electrons. The van der Waals surface area contributed by atoms with Crippen molar-refractivity contribution in [3.05, 3.63) is 0 Å². The van der Waals surface area contributed by atoms with Crippen molar-refractivity contribution in [1.29, 1.82) is 0 Å². The number of rotatable bonds is 6. The molecular weight excluding hydrogens is 192 g/mol. The van der Waals surface area contributed by atoms with Gasteiger partial charge in [-0.25, -0.2) is 0 Å². The molecule has 3 N–H and O–H groups in total. The van der Waals surface area contributed by atoms with Crippen molar-refractivity contribution in [1.82, 2.24) is 10.2 Å². The van der Waals surface area contributed by atoms with Crippen LogP contribution in [0.3, 0.4) is 0 Å². The normalized spacial score (nSPS) is 29.6. The molecule has 0 aromatic carbocycles. The molecule has 2 unspecified atom stereocenters. The molecule has 2 atom stereocenters. The lowest BCUT2D eigenvalue weighted by molar-refractivity contribution is 0.0936. The van der Waals surface area contributed by atoms with Crippen LogP contribution in [0, 0.1) is 5.92 Å². The summed E-state index contributed by atoms with van der Waals surface area (Å²) >= 11 is 0. The molecule has 15 heavy (non-hydrogen) atoms. The number of likely N-dealkylation sites (tertiary alicyclic amines) is 1. The third-order valence-electron chi connectivity index (χ3n) is 3.40. The first-order valence-electron chi connectivity index (χ1n) is 6.03. The number of nitrogens with one attached hydrogen (secondary N) is 1. The topological polar surface area (TPSA) is 55.7 Å². The molecular formula is C11H22N2O2. The Labute approximate surface area is 91.3 Å². The van der Waals surface area contributed by atoms with E-state index in [4.69, 9.17) is 10.2 Å². The second kappa shape index (κ2) is 5.25. The van der Waals surface area contributed by atoms with Crippen molar-refractivity contribution >= 4 is 0 Å². The Morgan fingerprint density at radius 1 is 1.33 bits per heavy atom. The van der Waals surface area contributed by atoms with Crippen LogP contribution in [0.4, 0.5) is 0 Å². The molecule has 0 aromatic rings. The average Bonchev–Trinajstić information content (AvgIpc) is 2.99. The highest BCUT2D eigenvalue weighted by Crippen LogP contribution is 2.31. The van der Waals surface area contributed by atoms with Gasteiger partial charge in [0.2, 0.25) is 0 Å². The molecule has 2 aliphatic rings. The summed E-state index contributed by atoms with van der Waals surface area (Å²) in [7, 11) is 0. The van der Waals surface area contributed by atoms with Crippen LogP contribution in [0.5, 0.6) is 0 Å². The zero-order chi connectivity index (χ0) is 10.7. The van der Waals surface area contributed by atoms with E-state index in [1.807, 2.05) is 0 Å². The summed E-state index contributed by atoms with van der Waals surface area (Å²) in [6, 6.07) is 0.887. The van der Waals surface area contributed by atoms with Crippen LogP contribution in [0.2, 0.25) is 0 Å². The number of hydrogen-bond acceptors (Lipinski definition) is 4. The fourth-order valence-corrected chi connectivity index (χ4v) is 2.32. The minimum atomic E-state index is -0.606. The fraction of sp³-hybridized carbons (Fsp3) is 1.00. The molecule has 0 aromatic heterocycles. The molecule has 1 heterocycles. The van der Waals surface area contributed by atoms with Crippen LogP contribution in [0.1, 0.15) is 19.3 Å². The van der Waals surface area contributed by atoms with Crippen LogP contribution in [0.15, 0.2) is 0 Å². The van der Waals surface area contributed by atoms with Crippen LogP contribution in [-0.2, 0) is 0 Å². The highest BCUT2D eigenvalue weighted by Gasteiger charge is 2.33. The zero-order valence-corrected chi connectivity index (χ0v) is 9.23. The molecule has 2 rings (SSSR count). The minimum Gasteiger partial charge on any atom is -0.394 e. The summed E-state index contributed by atoms with van der Waals surface area (Å²) in [6.07, 6.45) is 3.46. The van der Waals surface area contributed by atoms with Crippen LogP contribution < -0.4 is 5.32 Å². The second-order valence-electron chi connectivity index (χ2n) is 4.88. The van der Waals surface area contributed by atoms with Crippen LogP contribution in [-0.4, -0.2) is 60.0 Å². The largest absolute Gasteiger partial charge is 0.394 e. The molecule has 4 nitrogen and oxygen atoms in total. The highest BCUT2D eigenvalue weighted by molar-refractivity contribution is 4.89. The van der Waals surface area contributed by atoms with E-state index in [9.17, 15) is 0 Å². The highest BCUT2D eigenvalue weighted by atomic mass is 16.3. The molecule has 1 saturated carbocycles. The van der Waals surface area contributed by atoms with Crippen molar-refractivity contribution in [3.8, 4) is 0 Å². The van der Waals surface area contributed by atoms with Gasteiger partial charge in [-0.3, -0.25) is 0 Å². The van der Waals surface area contributed by atoms with E-state index in [0.717, 1.165) is 18.5 Å². The Kier molecular flexibility index (Phi) is 3.97. The molecule has 2 fully saturated rings. The fourth-order valence-electron chi connectivity index (χ4n) is 2.32. The van der Waals surface area contributed by atoms with Crippen molar-refractivity contribution < 1.29 is 10.2 Å². The molecule has 0 amide bonds. The Hall–Kier alpha value is -0.160. The van der Waals surface area contributed by atoms with Gasteiger partial charge in [-0.15, -0.1) is 0 Å². The van der Waals surface area contributed by atoms with Crippen molar-refractivity contribution in [3.63, 3.8) is 0 Å². The summed E-state index contributed by atoms with van der Waals surface area (Å²) in [5, 5.41) is 21.0. The summed E-state index contributed by atoms with van der Waals surface area (Å²) in [5.74, 6) is 0.733. The Morgan fingerprint density at radius 3 is 2.80 bits per heavy atom. The number of aliphatic hydroxyl groups is 2. The first kappa shape index (κ1) is 11.3. The summed E-state index contributed by atoms with van der Waals surface area (Å²) in [6.45, 7) is 3.80. The third-order valence-corrected chi connectivity index (χ3v) is 3.40. The molecule has 1 saturated heterocycles. The summed E-state index contributed by atoms with van der Waals surface area (Å²) in [5.41, 5.74) is 0. The standard InChI is InChI=1S/C11H22N2O2/c14-8-11(15)6-12-5-9-3-4-13(7-9)10-1-2-10/h9-12,14-15H,1-8H2. The smallest absolute Gasteiger partial charge is 0.0894 e. The quantitative estimate of drug-likeness (QED) is 0.553. The zero-order valence-electron chi connectivity index (χ0n) is 9.23. The lowest BCUT2D eigenvalue weighted by atomic mass is 10.1. The van der Waals surface area contributed by atoms with Gasteiger partial charge in [-0.05, 0) is 38.3 Å². The van der Waals surface area contributed by atoms with Crippen LogP contribution >= 0.6 is 0 Å². The number of hydrogen-bond donors (Lipinski definition) is 3. The van der Waals surface area contributed by atoms with Gasteiger partial charge in [0, 0.05) is 19.1 Å². The van der Waals surface area contributed by atoms with Gasteiger partial charge >= 0.3 is 0 Å². The lowest BCUT2D eigenvalue weighted by Crippen LogP contribution is -2.34. The van der Waals surface area contributed by atoms with E-state index >= 15 is 0 Å². The maximum Gasteiger partial charge on any atom is 0.0894 e. The molecule has 1 aliphatic carbocycles. The van der Waals surface area contributed by atoms with Gasteiger partial charge in [0.15, 0.2) is 0 Å². The lowest BCUT2D eigenvalue weighted by Gasteiger charge is -2.15. The first-order chi connectivity index (χ1) is 7.29. The van der Waals surface area contributed by atoms with Gasteiger partial charge in [-0.1, -0.05) is 0 Å². The third kappa shape index (κ3) is 3.41. The van der Waals surface area contributed by atoms with Gasteiger partial charge in [0.1, 0.15) is 0 Å². The van der Waals surface area contributed by atoms with Gasteiger partial charge in [-0.2, -0.15) is 0 Å². The number of nitrogens with zero attached hydrogens (tertiary/aromatic N) is 1. The SMILES string of the molecule is OCC(O)CNCC1CCN(C2CC2)C1. The molecule has 4 heteroatoms. The number of aliphatic hydroxyl groups excluding tert-OH is 2. The molecule has 0 bridgehead atoms. The molecule has 1 aliphatic heterocycles. The van der Waals surface area contributed by atoms with Crippen LogP contribution in [0.25, 0.3) is 0 Å². The Bertz CT molecular complexity index is 197. The summed E-state index contributed by atoms with van der Waals surface area (Å²) in [4.78, 5) is 2.59. The summed E-state index contributed by atoms with van der Waals surface area (Å²) < 4.78 is 0. The second-order valence-corrected chi connectivity index (χ2v) is 4.88. The van der Waals surface area contributed by atoms with Crippen molar-refractivity contribution in [2.75, 3.05) is 32.8 Å². The van der Waals surface area contributed by atoms with E-state index in [1.54, 1.807) is 0 Å². The van der Waals surface area contributed by atoms with Gasteiger partial charge < -0.3 is 20.4 Å². The monoisotopic (exact) mass is 214 g/mol. The average molecular weight is 214 g/mol. The van der Waals surface area contributed by atoms with E-state index in [-0.39, 0.29) is 6.61 Å². The van der Waals surface area contributed by atoms with Crippen molar-refractivity contribution in [2.45, 2.75) is 31.4 Å². The maximum absolute atomic E-state index is 9.16. The van der Waals surface area contributed by atoms with Gasteiger partial charge in [0.05, 0.1) is 12.7 Å². The minimum absolute atomic E-state index is 0.147. The predicted molar refractivity (Wildman–Crippen MR) is 58.7 cm³/mol. The molecule has 0 radical (unpaired) electrons. The Morgan fingerprint density at radius 2 is 2.13 bits per heavy atom. The first-order valence-corrected chi connectivity index (χ1v) is 6.03. The predicted octanol–water partition coefficient (Wildman–Crippen LogP) is -0.586. The molecule has 0 spiro atoms.